The third kappa shape index (κ3) is 3.85. The Morgan fingerprint density at radius 1 is 1.32 bits per heavy atom. The molecule has 8 heteroatoms. The number of thiophene rings is 1. The quantitative estimate of drug-likeness (QED) is 0.635. The van der Waals surface area contributed by atoms with Crippen LogP contribution in [0.2, 0.25) is 0 Å². The van der Waals surface area contributed by atoms with Crippen molar-refractivity contribution >= 4 is 44.9 Å². The van der Waals surface area contributed by atoms with Crippen molar-refractivity contribution < 1.29 is 4.79 Å². The molecule has 2 aromatic heterocycles. The van der Waals surface area contributed by atoms with Gasteiger partial charge >= 0.3 is 0 Å². The first-order valence-corrected chi connectivity index (χ1v) is 9.43. The van der Waals surface area contributed by atoms with Crippen molar-refractivity contribution in [1.82, 2.24) is 20.2 Å². The number of halogens is 1. The number of benzene rings is 1. The number of hydrogen-bond acceptors (Lipinski definition) is 5. The van der Waals surface area contributed by atoms with Gasteiger partial charge < -0.3 is 5.32 Å². The lowest BCUT2D eigenvalue weighted by Gasteiger charge is -2.06. The maximum absolute atomic E-state index is 12.1. The largest absolute Gasteiger partial charge is 0.322 e. The van der Waals surface area contributed by atoms with Crippen LogP contribution >= 0.6 is 27.3 Å². The summed E-state index contributed by atoms with van der Waals surface area (Å²) in [7, 11) is 0. The third-order valence-electron chi connectivity index (χ3n) is 3.77. The van der Waals surface area contributed by atoms with Crippen molar-refractivity contribution in [3.05, 3.63) is 51.1 Å². The fraction of sp³-hybridized carbons (Fsp3) is 0.176. The summed E-state index contributed by atoms with van der Waals surface area (Å²) < 4.78 is 2.89. The highest BCUT2D eigenvalue weighted by atomic mass is 79.9. The Labute approximate surface area is 156 Å². The molecule has 0 unspecified atom stereocenters. The molecule has 1 aliphatic carbocycles. The van der Waals surface area contributed by atoms with Gasteiger partial charge in [0.05, 0.1) is 9.83 Å². The van der Waals surface area contributed by atoms with Crippen molar-refractivity contribution in [2.75, 3.05) is 5.32 Å². The van der Waals surface area contributed by atoms with Gasteiger partial charge in [-0.05, 0) is 69.5 Å². The molecule has 126 valence electrons. The summed E-state index contributed by atoms with van der Waals surface area (Å²) in [6.45, 7) is 0. The third-order valence-corrected chi connectivity index (χ3v) is 5.36. The number of anilines is 1. The summed E-state index contributed by atoms with van der Waals surface area (Å²) in [6, 6.07) is 11.9. The average Bonchev–Trinajstić information content (AvgIpc) is 3.17. The Morgan fingerprint density at radius 3 is 2.96 bits per heavy atom. The van der Waals surface area contributed by atoms with Crippen LogP contribution in [0, 0.1) is 0 Å². The first-order valence-electron chi connectivity index (χ1n) is 7.82. The van der Waals surface area contributed by atoms with Gasteiger partial charge in [-0.1, -0.05) is 12.1 Å². The van der Waals surface area contributed by atoms with Crippen molar-refractivity contribution in [1.29, 1.82) is 0 Å². The fourth-order valence-corrected chi connectivity index (χ4v) is 3.77. The SMILES string of the molecule is O=C(/C=C/c1ccc(Br)s1)Nc1cccc(-c2nnnn2C2CC2)c1. The van der Waals surface area contributed by atoms with E-state index in [1.54, 1.807) is 17.4 Å². The number of carbonyl (C=O) groups is 1. The van der Waals surface area contributed by atoms with E-state index in [2.05, 4.69) is 36.8 Å². The van der Waals surface area contributed by atoms with Gasteiger partial charge in [-0.15, -0.1) is 16.4 Å². The summed E-state index contributed by atoms with van der Waals surface area (Å²) in [5.41, 5.74) is 1.60. The predicted octanol–water partition coefficient (Wildman–Crippen LogP) is 4.15. The summed E-state index contributed by atoms with van der Waals surface area (Å²) in [4.78, 5) is 13.1. The molecule has 1 fully saturated rings. The van der Waals surface area contributed by atoms with E-state index in [0.29, 0.717) is 11.7 Å². The minimum absolute atomic E-state index is 0.177. The molecular weight excluding hydrogens is 402 g/mol. The predicted molar refractivity (Wildman–Crippen MR) is 101 cm³/mol. The van der Waals surface area contributed by atoms with E-state index in [9.17, 15) is 4.79 Å². The minimum atomic E-state index is -0.177. The van der Waals surface area contributed by atoms with Crippen LogP contribution in [0.5, 0.6) is 0 Å². The van der Waals surface area contributed by atoms with Crippen molar-refractivity contribution in [3.8, 4) is 11.4 Å². The van der Waals surface area contributed by atoms with Gasteiger partial charge in [0.1, 0.15) is 0 Å². The lowest BCUT2D eigenvalue weighted by atomic mass is 10.2. The van der Waals surface area contributed by atoms with Crippen LogP contribution in [0.25, 0.3) is 17.5 Å². The molecule has 2 heterocycles. The average molecular weight is 416 g/mol. The molecule has 1 amide bonds. The lowest BCUT2D eigenvalue weighted by Crippen LogP contribution is -2.08. The monoisotopic (exact) mass is 415 g/mol. The molecule has 1 aliphatic rings. The second kappa shape index (κ2) is 6.89. The summed E-state index contributed by atoms with van der Waals surface area (Å²) in [5, 5.41) is 14.8. The fourth-order valence-electron chi connectivity index (χ4n) is 2.44. The van der Waals surface area contributed by atoms with E-state index >= 15 is 0 Å². The van der Waals surface area contributed by atoms with Gasteiger partial charge in [0.15, 0.2) is 5.82 Å². The Morgan fingerprint density at radius 2 is 2.20 bits per heavy atom. The molecule has 0 atom stereocenters. The molecule has 6 nitrogen and oxygen atoms in total. The zero-order chi connectivity index (χ0) is 17.2. The second-order valence-corrected chi connectivity index (χ2v) is 8.22. The van der Waals surface area contributed by atoms with Crippen LogP contribution in [0.15, 0.2) is 46.3 Å². The summed E-state index contributed by atoms with van der Waals surface area (Å²) in [5.74, 6) is 0.557. The zero-order valence-corrected chi connectivity index (χ0v) is 15.5. The normalized spacial score (nSPS) is 14.1. The maximum Gasteiger partial charge on any atom is 0.248 e. The van der Waals surface area contributed by atoms with E-state index in [4.69, 9.17) is 0 Å². The van der Waals surface area contributed by atoms with E-state index < -0.39 is 0 Å². The molecular formula is C17H14BrN5OS. The second-order valence-electron chi connectivity index (χ2n) is 5.72. The maximum atomic E-state index is 12.1. The molecule has 0 saturated heterocycles. The first kappa shape index (κ1) is 16.2. The summed E-state index contributed by atoms with van der Waals surface area (Å²) in [6.07, 6.45) is 5.54. The minimum Gasteiger partial charge on any atom is -0.322 e. The Hall–Kier alpha value is -2.32. The van der Waals surface area contributed by atoms with Gasteiger partial charge in [0.25, 0.3) is 0 Å². The van der Waals surface area contributed by atoms with Crippen molar-refractivity contribution in [2.24, 2.45) is 0 Å². The van der Waals surface area contributed by atoms with Gasteiger partial charge in [-0.3, -0.25) is 4.79 Å². The first-order chi connectivity index (χ1) is 12.2. The standard InChI is InChI=1S/C17H14BrN5OS/c18-15-8-6-14(25-15)7-9-16(24)19-12-3-1-2-11(10-12)17-20-21-22-23(17)13-4-5-13/h1-3,6-10,13H,4-5H2,(H,19,24)/b9-7+. The van der Waals surface area contributed by atoms with Crippen LogP contribution < -0.4 is 5.32 Å². The number of amides is 1. The van der Waals surface area contributed by atoms with Crippen molar-refractivity contribution in [3.63, 3.8) is 0 Å². The number of carbonyl (C=O) groups excluding carboxylic acids is 1. The van der Waals surface area contributed by atoms with Crippen LogP contribution in [-0.2, 0) is 4.79 Å². The Bertz CT molecular complexity index is 944. The number of aromatic nitrogens is 4. The molecule has 4 rings (SSSR count). The van der Waals surface area contributed by atoms with Crippen LogP contribution in [-0.4, -0.2) is 26.1 Å². The highest BCUT2D eigenvalue weighted by Crippen LogP contribution is 2.36. The molecule has 25 heavy (non-hydrogen) atoms. The molecule has 1 aromatic carbocycles. The van der Waals surface area contributed by atoms with E-state index in [1.165, 1.54) is 6.08 Å². The van der Waals surface area contributed by atoms with E-state index in [-0.39, 0.29) is 5.91 Å². The van der Waals surface area contributed by atoms with Gasteiger partial charge in [-0.25, -0.2) is 4.68 Å². The van der Waals surface area contributed by atoms with Gasteiger partial charge in [-0.2, -0.15) is 0 Å². The van der Waals surface area contributed by atoms with Crippen LogP contribution in [0.3, 0.4) is 0 Å². The highest BCUT2D eigenvalue weighted by molar-refractivity contribution is 9.11. The number of rotatable bonds is 5. The molecule has 1 saturated carbocycles. The number of hydrogen-bond donors (Lipinski definition) is 1. The molecule has 0 spiro atoms. The lowest BCUT2D eigenvalue weighted by molar-refractivity contribution is -0.111. The number of nitrogens with zero attached hydrogens (tertiary/aromatic N) is 4. The molecule has 0 bridgehead atoms. The van der Waals surface area contributed by atoms with Crippen molar-refractivity contribution in [2.45, 2.75) is 18.9 Å². The Kier molecular flexibility index (Phi) is 4.46. The Balaban J connectivity index is 1.48. The molecule has 3 aromatic rings. The van der Waals surface area contributed by atoms with E-state index in [1.807, 2.05) is 41.1 Å². The summed E-state index contributed by atoms with van der Waals surface area (Å²) >= 11 is 4.98. The zero-order valence-electron chi connectivity index (χ0n) is 13.1. The topological polar surface area (TPSA) is 72.7 Å². The van der Waals surface area contributed by atoms with Gasteiger partial charge in [0.2, 0.25) is 5.91 Å². The van der Waals surface area contributed by atoms with Crippen LogP contribution in [0.1, 0.15) is 23.8 Å². The number of tetrazole rings is 1. The molecule has 0 aliphatic heterocycles. The van der Waals surface area contributed by atoms with Gasteiger partial charge in [0, 0.05) is 22.2 Å². The number of nitrogens with one attached hydrogen (secondary N) is 1. The van der Waals surface area contributed by atoms with E-state index in [0.717, 1.165) is 32.9 Å². The molecule has 1 N–H and O–H groups in total. The smallest absolute Gasteiger partial charge is 0.248 e. The van der Waals surface area contributed by atoms with Crippen LogP contribution in [0.4, 0.5) is 5.69 Å². The molecule has 0 radical (unpaired) electrons. The highest BCUT2D eigenvalue weighted by Gasteiger charge is 2.28.